The van der Waals surface area contributed by atoms with Gasteiger partial charge in [0.1, 0.15) is 0 Å². The van der Waals surface area contributed by atoms with Crippen molar-refractivity contribution in [2.45, 2.75) is 0 Å². The zero-order chi connectivity index (χ0) is 6.97. The van der Waals surface area contributed by atoms with Gasteiger partial charge in [0.2, 0.25) is 0 Å². The summed E-state index contributed by atoms with van der Waals surface area (Å²) in [6.45, 7) is 0. The predicted octanol–water partition coefficient (Wildman–Crippen LogP) is 0.492. The maximum atomic E-state index is 11.0. The van der Waals surface area contributed by atoms with Crippen LogP contribution in [0.2, 0.25) is 0 Å². The number of hydrogen-bond donors (Lipinski definition) is 0. The van der Waals surface area contributed by atoms with Crippen LogP contribution in [0.3, 0.4) is 0 Å². The topological polar surface area (TPSA) is 41.8 Å². The summed E-state index contributed by atoms with van der Waals surface area (Å²) < 4.78 is 0. The van der Waals surface area contributed by atoms with Gasteiger partial charge in [0.15, 0.2) is 11.6 Å². The molecule has 3 heteroatoms. The molecule has 0 unspecified atom stereocenters. The van der Waals surface area contributed by atoms with Gasteiger partial charge in [0.05, 0.1) is 5.57 Å². The van der Waals surface area contributed by atoms with Crippen LogP contribution >= 0.6 is 0 Å². The van der Waals surface area contributed by atoms with E-state index in [1.54, 1.807) is 12.3 Å². The number of ketones is 1. The van der Waals surface area contributed by atoms with Crippen molar-refractivity contribution in [2.24, 2.45) is 9.98 Å². The third-order valence-corrected chi connectivity index (χ3v) is 1.37. The van der Waals surface area contributed by atoms with Crippen LogP contribution < -0.4 is 0 Å². The zero-order valence-electron chi connectivity index (χ0n) is 5.11. The lowest BCUT2D eigenvalue weighted by molar-refractivity contribution is -0.110. The summed E-state index contributed by atoms with van der Waals surface area (Å²) in [6, 6.07) is 0. The van der Waals surface area contributed by atoms with E-state index in [1.165, 1.54) is 12.3 Å². The molecule has 0 saturated heterocycles. The van der Waals surface area contributed by atoms with Crippen molar-refractivity contribution in [2.75, 3.05) is 0 Å². The van der Waals surface area contributed by atoms with E-state index >= 15 is 0 Å². The third kappa shape index (κ3) is 0.572. The van der Waals surface area contributed by atoms with Gasteiger partial charge < -0.3 is 0 Å². The minimum Gasteiger partial charge on any atom is -0.289 e. The van der Waals surface area contributed by atoms with Crippen LogP contribution in [-0.4, -0.2) is 17.8 Å². The first kappa shape index (κ1) is 5.29. The molecular weight excluding hydrogens is 128 g/mol. The Hall–Kier alpha value is -1.51. The molecule has 0 spiro atoms. The molecule has 2 aliphatic rings. The first-order valence-electron chi connectivity index (χ1n) is 2.91. The minimum atomic E-state index is -0.0116. The van der Waals surface area contributed by atoms with Gasteiger partial charge in [-0.3, -0.25) is 4.79 Å². The number of rotatable bonds is 0. The van der Waals surface area contributed by atoms with Crippen molar-refractivity contribution in [1.82, 2.24) is 0 Å². The lowest BCUT2D eigenvalue weighted by Crippen LogP contribution is -2.08. The molecule has 0 fully saturated rings. The highest BCUT2D eigenvalue weighted by atomic mass is 16.1. The van der Waals surface area contributed by atoms with E-state index in [2.05, 4.69) is 9.98 Å². The standard InChI is InChI=1S/C7H4N2O/c10-6-2-4-9-7-5(6)1-3-8-7/h1-4H. The van der Waals surface area contributed by atoms with E-state index in [9.17, 15) is 4.79 Å². The number of carbonyl (C=O) groups is 1. The number of nitrogens with zero attached hydrogens (tertiary/aromatic N) is 2. The lowest BCUT2D eigenvalue weighted by Gasteiger charge is -1.99. The van der Waals surface area contributed by atoms with Crippen LogP contribution in [0.4, 0.5) is 0 Å². The molecule has 3 nitrogen and oxygen atoms in total. The van der Waals surface area contributed by atoms with Gasteiger partial charge in [0.25, 0.3) is 0 Å². The van der Waals surface area contributed by atoms with Crippen molar-refractivity contribution in [3.8, 4) is 0 Å². The Balaban J connectivity index is 2.54. The van der Waals surface area contributed by atoms with Crippen molar-refractivity contribution in [1.29, 1.82) is 0 Å². The summed E-state index contributed by atoms with van der Waals surface area (Å²) in [5.41, 5.74) is 0.600. The highest BCUT2D eigenvalue weighted by Crippen LogP contribution is 2.11. The van der Waals surface area contributed by atoms with E-state index in [-0.39, 0.29) is 5.78 Å². The predicted molar refractivity (Wildman–Crippen MR) is 38.2 cm³/mol. The summed E-state index contributed by atoms with van der Waals surface area (Å²) >= 11 is 0. The maximum Gasteiger partial charge on any atom is 0.191 e. The number of carbonyl (C=O) groups excluding carboxylic acids is 1. The molecule has 0 bridgehead atoms. The smallest absolute Gasteiger partial charge is 0.191 e. The average Bonchev–Trinajstić information content (AvgIpc) is 2.36. The largest absolute Gasteiger partial charge is 0.289 e. The Morgan fingerprint density at radius 1 is 1.40 bits per heavy atom. The minimum absolute atomic E-state index is 0.0116. The molecule has 0 saturated carbocycles. The fourth-order valence-electron chi connectivity index (χ4n) is 0.887. The quantitative estimate of drug-likeness (QED) is 0.473. The fourth-order valence-corrected chi connectivity index (χ4v) is 0.887. The van der Waals surface area contributed by atoms with Gasteiger partial charge in [-0.05, 0) is 6.08 Å². The molecule has 2 aliphatic heterocycles. The number of fused-ring (bicyclic) bond motifs is 1. The van der Waals surface area contributed by atoms with Gasteiger partial charge in [-0.2, -0.15) is 0 Å². The van der Waals surface area contributed by atoms with E-state index < -0.39 is 0 Å². The van der Waals surface area contributed by atoms with Crippen LogP contribution in [0.15, 0.2) is 33.9 Å². The SMILES string of the molecule is O=C1C=CN=C2N=CC=C12. The van der Waals surface area contributed by atoms with E-state index in [0.29, 0.717) is 11.4 Å². The van der Waals surface area contributed by atoms with Crippen LogP contribution in [0.25, 0.3) is 0 Å². The Morgan fingerprint density at radius 3 is 3.10 bits per heavy atom. The molecule has 2 heterocycles. The van der Waals surface area contributed by atoms with Crippen molar-refractivity contribution < 1.29 is 4.79 Å². The van der Waals surface area contributed by atoms with Crippen LogP contribution in [0.5, 0.6) is 0 Å². The molecule has 48 valence electrons. The first-order valence-corrected chi connectivity index (χ1v) is 2.91. The van der Waals surface area contributed by atoms with Crippen molar-refractivity contribution >= 4 is 17.8 Å². The molecule has 0 amide bonds. The normalized spacial score (nSPS) is 20.6. The molecule has 0 aromatic carbocycles. The van der Waals surface area contributed by atoms with Crippen molar-refractivity contribution in [3.63, 3.8) is 0 Å². The second kappa shape index (κ2) is 1.73. The highest BCUT2D eigenvalue weighted by molar-refractivity contribution is 6.32. The monoisotopic (exact) mass is 132 g/mol. The zero-order valence-corrected chi connectivity index (χ0v) is 5.11. The molecule has 0 aromatic rings. The third-order valence-electron chi connectivity index (χ3n) is 1.37. The number of allylic oxidation sites excluding steroid dienone is 2. The van der Waals surface area contributed by atoms with Gasteiger partial charge in [-0.1, -0.05) is 0 Å². The molecule has 2 rings (SSSR count). The second-order valence-corrected chi connectivity index (χ2v) is 1.99. The molecular formula is C7H4N2O. The van der Waals surface area contributed by atoms with Crippen LogP contribution in [0.1, 0.15) is 0 Å². The Morgan fingerprint density at radius 2 is 2.30 bits per heavy atom. The van der Waals surface area contributed by atoms with Crippen molar-refractivity contribution in [3.05, 3.63) is 23.9 Å². The summed E-state index contributed by atoms with van der Waals surface area (Å²) in [6.07, 6.45) is 6.16. The van der Waals surface area contributed by atoms with Gasteiger partial charge >= 0.3 is 0 Å². The Bertz CT molecular complexity index is 302. The molecule has 0 aliphatic carbocycles. The molecule has 0 atom stereocenters. The average molecular weight is 132 g/mol. The van der Waals surface area contributed by atoms with E-state index in [0.717, 1.165) is 0 Å². The second-order valence-electron chi connectivity index (χ2n) is 1.99. The molecule has 0 N–H and O–H groups in total. The van der Waals surface area contributed by atoms with E-state index in [1.807, 2.05) is 0 Å². The fraction of sp³-hybridized carbons (Fsp3) is 0. The number of hydrogen-bond acceptors (Lipinski definition) is 3. The maximum absolute atomic E-state index is 11.0. The molecule has 0 aromatic heterocycles. The van der Waals surface area contributed by atoms with Crippen LogP contribution in [0, 0.1) is 0 Å². The Labute approximate surface area is 57.5 Å². The number of aliphatic imine (C=N–C) groups is 2. The van der Waals surface area contributed by atoms with Gasteiger partial charge in [-0.25, -0.2) is 9.98 Å². The number of amidine groups is 1. The summed E-state index contributed by atoms with van der Waals surface area (Å²) in [5.74, 6) is 0.523. The molecule has 0 radical (unpaired) electrons. The summed E-state index contributed by atoms with van der Waals surface area (Å²) in [5, 5.41) is 0. The highest BCUT2D eigenvalue weighted by Gasteiger charge is 2.17. The van der Waals surface area contributed by atoms with Crippen LogP contribution in [-0.2, 0) is 4.79 Å². The summed E-state index contributed by atoms with van der Waals surface area (Å²) in [4.78, 5) is 18.7. The van der Waals surface area contributed by atoms with E-state index in [4.69, 9.17) is 0 Å². The summed E-state index contributed by atoms with van der Waals surface area (Å²) in [7, 11) is 0. The lowest BCUT2D eigenvalue weighted by atomic mass is 10.1. The Kier molecular flexibility index (Phi) is 0.917. The molecule has 10 heavy (non-hydrogen) atoms. The first-order chi connectivity index (χ1) is 4.88. The van der Waals surface area contributed by atoms with Gasteiger partial charge in [0, 0.05) is 18.5 Å². The van der Waals surface area contributed by atoms with Gasteiger partial charge in [-0.15, -0.1) is 0 Å².